The first kappa shape index (κ1) is 24.0. The van der Waals surface area contributed by atoms with Crippen LogP contribution in [0.4, 0.5) is 0 Å². The molecule has 0 aliphatic carbocycles. The van der Waals surface area contributed by atoms with Crippen LogP contribution in [0, 0.1) is 0 Å². The van der Waals surface area contributed by atoms with Gasteiger partial charge < -0.3 is 4.18 Å². The molecule has 1 aromatic heterocycles. The van der Waals surface area contributed by atoms with Gasteiger partial charge in [-0.25, -0.2) is 0 Å². The monoisotopic (exact) mass is 477 g/mol. The molecule has 6 nitrogen and oxygen atoms in total. The summed E-state index contributed by atoms with van der Waals surface area (Å²) in [6, 6.07) is 20.6. The molecule has 1 heterocycles. The third-order valence-electron chi connectivity index (χ3n) is 6.01. The SMILES string of the molecule is CCC(C)c1cc(C(C)(C)C)cc(-n2nc3ccccc3n2)c1OS(=O)(=O)Cc1ccccc1. The van der Waals surface area contributed by atoms with E-state index in [1.807, 2.05) is 48.5 Å². The third-order valence-corrected chi connectivity index (χ3v) is 7.11. The molecule has 0 saturated heterocycles. The van der Waals surface area contributed by atoms with Gasteiger partial charge in [0.15, 0.2) is 5.75 Å². The van der Waals surface area contributed by atoms with Crippen LogP contribution < -0.4 is 4.18 Å². The van der Waals surface area contributed by atoms with E-state index in [1.54, 1.807) is 12.1 Å². The van der Waals surface area contributed by atoms with Crippen molar-refractivity contribution < 1.29 is 12.6 Å². The van der Waals surface area contributed by atoms with Crippen molar-refractivity contribution in [3.8, 4) is 11.4 Å². The van der Waals surface area contributed by atoms with Gasteiger partial charge in [-0.2, -0.15) is 8.42 Å². The maximum absolute atomic E-state index is 13.2. The molecule has 1 atom stereocenters. The fourth-order valence-electron chi connectivity index (χ4n) is 3.80. The molecule has 0 N–H and O–H groups in total. The molecule has 0 fully saturated rings. The Bertz CT molecular complexity index is 1370. The summed E-state index contributed by atoms with van der Waals surface area (Å²) >= 11 is 0. The largest absolute Gasteiger partial charge is 0.379 e. The van der Waals surface area contributed by atoms with Crippen LogP contribution in [0.3, 0.4) is 0 Å². The Labute approximate surface area is 201 Å². The summed E-state index contributed by atoms with van der Waals surface area (Å²) < 4.78 is 32.3. The zero-order valence-electron chi connectivity index (χ0n) is 20.3. The zero-order chi connectivity index (χ0) is 24.5. The molecule has 0 radical (unpaired) electrons. The van der Waals surface area contributed by atoms with Crippen LogP contribution in [-0.4, -0.2) is 23.4 Å². The van der Waals surface area contributed by atoms with Crippen molar-refractivity contribution in [1.29, 1.82) is 0 Å². The lowest BCUT2D eigenvalue weighted by Gasteiger charge is -2.25. The highest BCUT2D eigenvalue weighted by atomic mass is 32.2. The number of hydrogen-bond acceptors (Lipinski definition) is 5. The van der Waals surface area contributed by atoms with Crippen LogP contribution in [-0.2, 0) is 21.3 Å². The summed E-state index contributed by atoms with van der Waals surface area (Å²) in [7, 11) is -3.93. The van der Waals surface area contributed by atoms with Gasteiger partial charge in [0.2, 0.25) is 0 Å². The molecule has 4 aromatic rings. The molecule has 178 valence electrons. The van der Waals surface area contributed by atoms with Crippen molar-refractivity contribution in [2.45, 2.75) is 58.1 Å². The highest BCUT2D eigenvalue weighted by Gasteiger charge is 2.27. The van der Waals surface area contributed by atoms with Crippen LogP contribution >= 0.6 is 0 Å². The van der Waals surface area contributed by atoms with Crippen molar-refractivity contribution >= 4 is 21.2 Å². The molecule has 0 spiro atoms. The quantitative estimate of drug-likeness (QED) is 0.299. The van der Waals surface area contributed by atoms with Gasteiger partial charge in [-0.05, 0) is 47.1 Å². The molecule has 4 rings (SSSR count). The molecule has 0 saturated carbocycles. The smallest absolute Gasteiger partial charge is 0.313 e. The van der Waals surface area contributed by atoms with Gasteiger partial charge >= 0.3 is 10.1 Å². The maximum Gasteiger partial charge on any atom is 0.313 e. The summed E-state index contributed by atoms with van der Waals surface area (Å²) in [5, 5.41) is 9.28. The number of rotatable bonds is 7. The second-order valence-electron chi connectivity index (χ2n) is 9.72. The molecule has 0 aliphatic rings. The molecule has 34 heavy (non-hydrogen) atoms. The highest BCUT2D eigenvalue weighted by molar-refractivity contribution is 7.86. The average Bonchev–Trinajstić information content (AvgIpc) is 3.22. The third kappa shape index (κ3) is 5.14. The van der Waals surface area contributed by atoms with Crippen LogP contribution in [0.1, 0.15) is 63.6 Å². The van der Waals surface area contributed by atoms with Gasteiger partial charge in [-0.15, -0.1) is 15.0 Å². The van der Waals surface area contributed by atoms with E-state index >= 15 is 0 Å². The Morgan fingerprint density at radius 3 is 2.09 bits per heavy atom. The van der Waals surface area contributed by atoms with E-state index in [4.69, 9.17) is 4.18 Å². The van der Waals surface area contributed by atoms with Crippen molar-refractivity contribution in [3.63, 3.8) is 0 Å². The summed E-state index contributed by atoms with van der Waals surface area (Å²) in [5.41, 5.74) is 4.39. The number of fused-ring (bicyclic) bond motifs is 1. The molecule has 0 amide bonds. The van der Waals surface area contributed by atoms with E-state index in [1.165, 1.54) is 4.80 Å². The molecule has 0 bridgehead atoms. The number of hydrogen-bond donors (Lipinski definition) is 0. The van der Waals surface area contributed by atoms with E-state index in [0.717, 1.165) is 28.6 Å². The van der Waals surface area contributed by atoms with E-state index in [0.29, 0.717) is 17.0 Å². The number of nitrogens with zero attached hydrogens (tertiary/aromatic N) is 3. The summed E-state index contributed by atoms with van der Waals surface area (Å²) in [6.45, 7) is 10.6. The lowest BCUT2D eigenvalue weighted by Crippen LogP contribution is -2.19. The van der Waals surface area contributed by atoms with Crippen molar-refractivity contribution in [2.24, 2.45) is 0 Å². The minimum atomic E-state index is -3.93. The van der Waals surface area contributed by atoms with E-state index < -0.39 is 10.1 Å². The van der Waals surface area contributed by atoms with Gasteiger partial charge in [0.05, 0.1) is 0 Å². The topological polar surface area (TPSA) is 74.1 Å². The Balaban J connectivity index is 1.92. The standard InChI is InChI=1S/C27H31N3O3S/c1-6-19(2)22-16-21(27(3,4)5)17-25(30-28-23-14-10-11-15-24(23)29-30)26(22)33-34(31,32)18-20-12-8-7-9-13-20/h7-17,19H,6,18H2,1-5H3. The summed E-state index contributed by atoms with van der Waals surface area (Å²) in [6.07, 6.45) is 0.830. The van der Waals surface area contributed by atoms with Gasteiger partial charge in [0.25, 0.3) is 0 Å². The normalized spacial score (nSPS) is 13.2. The molecule has 3 aromatic carbocycles. The van der Waals surface area contributed by atoms with Gasteiger partial charge in [0.1, 0.15) is 22.5 Å². The molecular formula is C27H31N3O3S. The van der Waals surface area contributed by atoms with Crippen LogP contribution in [0.15, 0.2) is 66.7 Å². The minimum absolute atomic E-state index is 0.0768. The highest BCUT2D eigenvalue weighted by Crippen LogP contribution is 2.39. The lowest BCUT2D eigenvalue weighted by molar-refractivity contribution is 0.473. The van der Waals surface area contributed by atoms with Gasteiger partial charge in [-0.1, -0.05) is 83.1 Å². The Kier molecular flexibility index (Phi) is 6.49. The van der Waals surface area contributed by atoms with Crippen molar-refractivity contribution in [1.82, 2.24) is 15.0 Å². The number of benzene rings is 3. The van der Waals surface area contributed by atoms with E-state index in [-0.39, 0.29) is 17.1 Å². The second kappa shape index (κ2) is 9.22. The first-order chi connectivity index (χ1) is 16.1. The maximum atomic E-state index is 13.2. The molecular weight excluding hydrogens is 446 g/mol. The van der Waals surface area contributed by atoms with Crippen LogP contribution in [0.2, 0.25) is 0 Å². The Hall–Kier alpha value is -3.19. The minimum Gasteiger partial charge on any atom is -0.379 e. The second-order valence-corrected chi connectivity index (χ2v) is 11.3. The summed E-state index contributed by atoms with van der Waals surface area (Å²) in [4.78, 5) is 1.50. The molecule has 7 heteroatoms. The van der Waals surface area contributed by atoms with Gasteiger partial charge in [-0.3, -0.25) is 0 Å². The molecule has 1 unspecified atom stereocenters. The van der Waals surface area contributed by atoms with Gasteiger partial charge in [0, 0.05) is 5.56 Å². The van der Waals surface area contributed by atoms with E-state index in [2.05, 4.69) is 50.9 Å². The Morgan fingerprint density at radius 2 is 1.53 bits per heavy atom. The predicted molar refractivity (Wildman–Crippen MR) is 136 cm³/mol. The zero-order valence-corrected chi connectivity index (χ0v) is 21.1. The first-order valence-corrected chi connectivity index (χ1v) is 13.1. The predicted octanol–water partition coefficient (Wildman–Crippen LogP) is 6.14. The average molecular weight is 478 g/mol. The number of aromatic nitrogens is 3. The van der Waals surface area contributed by atoms with Crippen molar-refractivity contribution in [3.05, 3.63) is 83.4 Å². The first-order valence-electron chi connectivity index (χ1n) is 11.5. The summed E-state index contributed by atoms with van der Waals surface area (Å²) in [5.74, 6) is 0.148. The Morgan fingerprint density at radius 1 is 0.941 bits per heavy atom. The lowest BCUT2D eigenvalue weighted by atomic mass is 9.83. The molecule has 0 aliphatic heterocycles. The van der Waals surface area contributed by atoms with Crippen molar-refractivity contribution in [2.75, 3.05) is 0 Å². The fourth-order valence-corrected chi connectivity index (χ4v) is 4.89. The van der Waals surface area contributed by atoms with E-state index in [9.17, 15) is 8.42 Å². The fraction of sp³-hybridized carbons (Fsp3) is 0.333. The van der Waals surface area contributed by atoms with Crippen LogP contribution in [0.25, 0.3) is 16.7 Å². The van der Waals surface area contributed by atoms with Crippen LogP contribution in [0.5, 0.6) is 5.75 Å².